The zero-order valence-electron chi connectivity index (χ0n) is 17.1. The molecule has 0 atom stereocenters. The first-order valence-electron chi connectivity index (χ1n) is 9.75. The van der Waals surface area contributed by atoms with E-state index in [1.807, 2.05) is 74.5 Å². The first-order valence-corrected chi connectivity index (χ1v) is 9.75. The smallest absolute Gasteiger partial charge is 0.119 e. The fraction of sp³-hybridized carbons (Fsp3) is 0.333. The Morgan fingerprint density at radius 2 is 1.03 bits per heavy atom. The highest BCUT2D eigenvalue weighted by Gasteiger charge is 2.05. The number of ether oxygens (including phenoxy) is 3. The average molecular weight is 398 g/mol. The van der Waals surface area contributed by atoms with E-state index in [0.717, 1.165) is 22.6 Å². The Morgan fingerprint density at radius 1 is 0.655 bits per heavy atom. The summed E-state index contributed by atoms with van der Waals surface area (Å²) in [6, 6.07) is 19.1. The van der Waals surface area contributed by atoms with Gasteiger partial charge < -0.3 is 24.4 Å². The van der Waals surface area contributed by atoms with Crippen LogP contribution in [0.15, 0.2) is 83.3 Å². The first-order chi connectivity index (χ1) is 14.1. The van der Waals surface area contributed by atoms with Gasteiger partial charge in [0.15, 0.2) is 0 Å². The number of benzene rings is 2. The van der Waals surface area contributed by atoms with Crippen molar-refractivity contribution in [2.75, 3.05) is 26.4 Å². The molecule has 0 aliphatic heterocycles. The number of hydrogen-bond donors (Lipinski definition) is 2. The lowest BCUT2D eigenvalue weighted by Crippen LogP contribution is -2.07. The van der Waals surface area contributed by atoms with Crippen molar-refractivity contribution < 1.29 is 24.4 Å². The van der Waals surface area contributed by atoms with E-state index >= 15 is 0 Å². The van der Waals surface area contributed by atoms with Crippen LogP contribution in [0.5, 0.6) is 11.5 Å². The van der Waals surface area contributed by atoms with Crippen LogP contribution in [-0.2, 0) is 4.74 Å². The van der Waals surface area contributed by atoms with Crippen molar-refractivity contribution in [2.45, 2.75) is 26.7 Å². The minimum atomic E-state index is 0.0506. The molecular formula is C24H30O5. The Hall–Kier alpha value is -2.92. The van der Waals surface area contributed by atoms with E-state index in [4.69, 9.17) is 14.2 Å². The standard InChI is InChI=1S/C24H30O5/c1-19(13-15-28-21-9-5-3-6-10-21)23(25)17-27-18-24(26)20(2)14-16-29-22-11-7-4-8-12-22/h3-12,25-26H,13-18H2,1-2H3. The highest BCUT2D eigenvalue weighted by molar-refractivity contribution is 5.21. The molecule has 0 heterocycles. The number of hydrogen-bond acceptors (Lipinski definition) is 5. The highest BCUT2D eigenvalue weighted by Crippen LogP contribution is 2.14. The molecule has 0 aliphatic carbocycles. The maximum absolute atomic E-state index is 10.1. The molecule has 0 saturated carbocycles. The summed E-state index contributed by atoms with van der Waals surface area (Å²) in [5, 5.41) is 20.2. The zero-order valence-corrected chi connectivity index (χ0v) is 17.1. The van der Waals surface area contributed by atoms with E-state index in [0.29, 0.717) is 26.1 Å². The van der Waals surface area contributed by atoms with E-state index < -0.39 is 0 Å². The highest BCUT2D eigenvalue weighted by atomic mass is 16.5. The average Bonchev–Trinajstić information content (AvgIpc) is 2.74. The van der Waals surface area contributed by atoms with Crippen molar-refractivity contribution in [3.8, 4) is 11.5 Å². The lowest BCUT2D eigenvalue weighted by atomic mass is 10.2. The molecule has 0 aromatic heterocycles. The molecule has 0 radical (unpaired) electrons. The van der Waals surface area contributed by atoms with Crippen molar-refractivity contribution in [1.29, 1.82) is 0 Å². The maximum Gasteiger partial charge on any atom is 0.119 e. The minimum absolute atomic E-state index is 0.0506. The monoisotopic (exact) mass is 398 g/mol. The van der Waals surface area contributed by atoms with Crippen LogP contribution in [0, 0.1) is 0 Å². The van der Waals surface area contributed by atoms with Crippen LogP contribution in [0.25, 0.3) is 0 Å². The second kappa shape index (κ2) is 12.5. The van der Waals surface area contributed by atoms with Crippen molar-refractivity contribution in [3.63, 3.8) is 0 Å². The molecule has 2 N–H and O–H groups in total. The van der Waals surface area contributed by atoms with Crippen molar-refractivity contribution in [1.82, 2.24) is 0 Å². The molecule has 2 rings (SSSR count). The summed E-state index contributed by atoms with van der Waals surface area (Å²) in [5.74, 6) is 1.94. The van der Waals surface area contributed by atoms with Crippen LogP contribution < -0.4 is 9.47 Å². The summed E-state index contributed by atoms with van der Waals surface area (Å²) in [6.07, 6.45) is 1.20. The van der Waals surface area contributed by atoms with Gasteiger partial charge in [0.25, 0.3) is 0 Å². The van der Waals surface area contributed by atoms with Crippen molar-refractivity contribution in [3.05, 3.63) is 83.3 Å². The zero-order chi connectivity index (χ0) is 20.9. The van der Waals surface area contributed by atoms with Gasteiger partial charge in [-0.3, -0.25) is 0 Å². The van der Waals surface area contributed by atoms with Gasteiger partial charge in [-0.05, 0) is 49.3 Å². The Labute approximate surface area is 172 Å². The third-order valence-electron chi connectivity index (χ3n) is 4.44. The lowest BCUT2D eigenvalue weighted by Gasteiger charge is -2.11. The quantitative estimate of drug-likeness (QED) is 0.455. The molecule has 0 unspecified atom stereocenters. The summed E-state index contributed by atoms with van der Waals surface area (Å²) in [5.41, 5.74) is 1.61. The van der Waals surface area contributed by atoms with Crippen LogP contribution in [0.3, 0.4) is 0 Å². The molecule has 0 saturated heterocycles. The molecule has 2 aromatic carbocycles. The van der Waals surface area contributed by atoms with Crippen LogP contribution in [0.2, 0.25) is 0 Å². The van der Waals surface area contributed by atoms with Crippen molar-refractivity contribution >= 4 is 0 Å². The van der Waals surface area contributed by atoms with Gasteiger partial charge >= 0.3 is 0 Å². The predicted molar refractivity (Wildman–Crippen MR) is 115 cm³/mol. The molecule has 0 aliphatic rings. The Kier molecular flexibility index (Phi) is 9.66. The Balaban J connectivity index is 1.66. The number of para-hydroxylation sites is 2. The first kappa shape index (κ1) is 22.4. The van der Waals surface area contributed by atoms with Gasteiger partial charge in [0.1, 0.15) is 36.2 Å². The third-order valence-corrected chi connectivity index (χ3v) is 4.44. The summed E-state index contributed by atoms with van der Waals surface area (Å²) in [4.78, 5) is 0. The molecule has 5 nitrogen and oxygen atoms in total. The summed E-state index contributed by atoms with van der Waals surface area (Å²) in [7, 11) is 0. The summed E-state index contributed by atoms with van der Waals surface area (Å²) in [6.45, 7) is 4.74. The molecule has 5 heteroatoms. The number of aliphatic hydroxyl groups excluding tert-OH is 2. The van der Waals surface area contributed by atoms with E-state index in [9.17, 15) is 10.2 Å². The van der Waals surface area contributed by atoms with Crippen LogP contribution in [-0.4, -0.2) is 36.6 Å². The van der Waals surface area contributed by atoms with E-state index in [1.54, 1.807) is 0 Å². The van der Waals surface area contributed by atoms with Gasteiger partial charge in [0.05, 0.1) is 13.2 Å². The van der Waals surface area contributed by atoms with Gasteiger partial charge in [-0.2, -0.15) is 0 Å². The fourth-order valence-corrected chi connectivity index (χ4v) is 2.46. The molecule has 0 fully saturated rings. The molecule has 0 amide bonds. The van der Waals surface area contributed by atoms with Gasteiger partial charge in [-0.15, -0.1) is 0 Å². The third kappa shape index (κ3) is 8.75. The SMILES string of the molecule is CC(CCOc1ccccc1)=C(O)COCC(O)=C(C)CCOc1ccccc1. The summed E-state index contributed by atoms with van der Waals surface area (Å²) < 4.78 is 16.7. The van der Waals surface area contributed by atoms with Gasteiger partial charge in [0.2, 0.25) is 0 Å². The van der Waals surface area contributed by atoms with Gasteiger partial charge in [-0.1, -0.05) is 36.4 Å². The van der Waals surface area contributed by atoms with E-state index in [1.165, 1.54) is 0 Å². The largest absolute Gasteiger partial charge is 0.510 e. The van der Waals surface area contributed by atoms with Crippen LogP contribution >= 0.6 is 0 Å². The van der Waals surface area contributed by atoms with Crippen LogP contribution in [0.4, 0.5) is 0 Å². The topological polar surface area (TPSA) is 68.2 Å². The van der Waals surface area contributed by atoms with Gasteiger partial charge in [-0.25, -0.2) is 0 Å². The summed E-state index contributed by atoms with van der Waals surface area (Å²) >= 11 is 0. The van der Waals surface area contributed by atoms with Crippen LogP contribution in [0.1, 0.15) is 26.7 Å². The normalized spacial score (nSPS) is 12.8. The maximum atomic E-state index is 10.1. The molecule has 29 heavy (non-hydrogen) atoms. The molecule has 2 aromatic rings. The second-order valence-corrected chi connectivity index (χ2v) is 6.77. The van der Waals surface area contributed by atoms with E-state index in [-0.39, 0.29) is 24.7 Å². The molecular weight excluding hydrogens is 368 g/mol. The minimum Gasteiger partial charge on any atom is -0.510 e. The van der Waals surface area contributed by atoms with Crippen molar-refractivity contribution in [2.24, 2.45) is 0 Å². The van der Waals surface area contributed by atoms with E-state index in [2.05, 4.69) is 0 Å². The molecule has 156 valence electrons. The molecule has 0 bridgehead atoms. The lowest BCUT2D eigenvalue weighted by molar-refractivity contribution is 0.119. The fourth-order valence-electron chi connectivity index (χ4n) is 2.46. The second-order valence-electron chi connectivity index (χ2n) is 6.77. The number of aliphatic hydroxyl groups is 2. The van der Waals surface area contributed by atoms with Gasteiger partial charge in [0, 0.05) is 12.8 Å². The Morgan fingerprint density at radius 3 is 1.41 bits per heavy atom. The predicted octanol–water partition coefficient (Wildman–Crippen LogP) is 5.61. The molecule has 0 spiro atoms. The Bertz CT molecular complexity index is 714. The number of rotatable bonds is 12.